The van der Waals surface area contributed by atoms with Crippen molar-refractivity contribution in [1.29, 1.82) is 0 Å². The van der Waals surface area contributed by atoms with E-state index in [0.29, 0.717) is 6.54 Å². The Hall–Kier alpha value is -1.67. The van der Waals surface area contributed by atoms with Crippen molar-refractivity contribution in [3.63, 3.8) is 0 Å². The monoisotopic (exact) mass is 271 g/mol. The van der Waals surface area contributed by atoms with Crippen molar-refractivity contribution in [1.82, 2.24) is 5.32 Å². The average molecular weight is 271 g/mol. The fraction of sp³-hybridized carbons (Fsp3) is 0.333. The largest absolute Gasteiger partial charge is 0.308 e. The molecule has 0 aliphatic carbocycles. The van der Waals surface area contributed by atoms with E-state index < -0.39 is 0 Å². The predicted octanol–water partition coefficient (Wildman–Crippen LogP) is 4.33. The van der Waals surface area contributed by atoms with Gasteiger partial charge in [-0.3, -0.25) is 0 Å². The quantitative estimate of drug-likeness (QED) is 0.824. The molecule has 1 nitrogen and oxygen atoms in total. The zero-order chi connectivity index (χ0) is 14.4. The van der Waals surface area contributed by atoms with Gasteiger partial charge < -0.3 is 5.32 Å². The summed E-state index contributed by atoms with van der Waals surface area (Å²) in [5.74, 6) is -0.175. The van der Waals surface area contributed by atoms with Crippen LogP contribution in [0.25, 0.3) is 0 Å². The Kier molecular flexibility index (Phi) is 4.91. The van der Waals surface area contributed by atoms with Crippen LogP contribution >= 0.6 is 0 Å². The van der Waals surface area contributed by atoms with Crippen LogP contribution in [0, 0.1) is 5.82 Å². The molecule has 0 aromatic heterocycles. The van der Waals surface area contributed by atoms with E-state index in [1.54, 1.807) is 12.1 Å². The first-order valence-electron chi connectivity index (χ1n) is 7.09. The average Bonchev–Trinajstić information content (AvgIpc) is 2.45. The number of benzene rings is 2. The predicted molar refractivity (Wildman–Crippen MR) is 82.1 cm³/mol. The molecule has 0 atom stereocenters. The summed E-state index contributed by atoms with van der Waals surface area (Å²) < 4.78 is 13.1. The molecule has 0 bridgehead atoms. The molecule has 0 spiro atoms. The van der Waals surface area contributed by atoms with E-state index in [1.807, 2.05) is 12.1 Å². The van der Waals surface area contributed by atoms with E-state index in [0.717, 1.165) is 18.4 Å². The molecule has 106 valence electrons. The molecule has 2 rings (SSSR count). The maximum absolute atomic E-state index is 13.1. The van der Waals surface area contributed by atoms with E-state index in [4.69, 9.17) is 0 Å². The Balaban J connectivity index is 1.84. The smallest absolute Gasteiger partial charge is 0.123 e. The molecule has 0 unspecified atom stereocenters. The van der Waals surface area contributed by atoms with Crippen LogP contribution in [0.3, 0.4) is 0 Å². The van der Waals surface area contributed by atoms with E-state index >= 15 is 0 Å². The van der Waals surface area contributed by atoms with E-state index in [1.165, 1.54) is 11.6 Å². The molecule has 2 aromatic carbocycles. The second-order valence-electron chi connectivity index (χ2n) is 5.85. The lowest BCUT2D eigenvalue weighted by Crippen LogP contribution is -2.39. The summed E-state index contributed by atoms with van der Waals surface area (Å²) in [5, 5.41) is 3.51. The van der Waals surface area contributed by atoms with Crippen LogP contribution in [0.4, 0.5) is 4.39 Å². The first-order chi connectivity index (χ1) is 9.55. The third-order valence-electron chi connectivity index (χ3n) is 3.54. The first-order valence-corrected chi connectivity index (χ1v) is 7.09. The number of hydrogen-bond acceptors (Lipinski definition) is 1. The van der Waals surface area contributed by atoms with Crippen molar-refractivity contribution in [3.8, 4) is 0 Å². The van der Waals surface area contributed by atoms with Gasteiger partial charge in [0.25, 0.3) is 0 Å². The maximum atomic E-state index is 13.1. The zero-order valence-electron chi connectivity index (χ0n) is 12.2. The van der Waals surface area contributed by atoms with Crippen molar-refractivity contribution in [2.75, 3.05) is 0 Å². The van der Waals surface area contributed by atoms with Crippen LogP contribution in [0.5, 0.6) is 0 Å². The van der Waals surface area contributed by atoms with Gasteiger partial charge in [0.2, 0.25) is 0 Å². The Labute approximate surface area is 120 Å². The minimum atomic E-state index is -0.175. The molecular weight excluding hydrogens is 249 g/mol. The minimum Gasteiger partial charge on any atom is -0.308 e. The van der Waals surface area contributed by atoms with Gasteiger partial charge in [0.1, 0.15) is 5.82 Å². The van der Waals surface area contributed by atoms with Gasteiger partial charge in [0.05, 0.1) is 0 Å². The highest BCUT2D eigenvalue weighted by Crippen LogP contribution is 2.15. The topological polar surface area (TPSA) is 12.0 Å². The summed E-state index contributed by atoms with van der Waals surface area (Å²) in [5.41, 5.74) is 2.37. The van der Waals surface area contributed by atoms with Gasteiger partial charge in [-0.2, -0.15) is 0 Å². The highest BCUT2D eigenvalue weighted by atomic mass is 19.1. The van der Waals surface area contributed by atoms with Crippen LogP contribution in [-0.2, 0) is 13.0 Å². The first kappa shape index (κ1) is 14.7. The molecular formula is C18H22FN. The summed E-state index contributed by atoms with van der Waals surface area (Å²) in [6, 6.07) is 17.3. The van der Waals surface area contributed by atoms with Crippen molar-refractivity contribution < 1.29 is 4.39 Å². The summed E-state index contributed by atoms with van der Waals surface area (Å²) in [6.45, 7) is 5.07. The molecule has 0 saturated carbocycles. The number of nitrogens with one attached hydrogen (secondary N) is 1. The van der Waals surface area contributed by atoms with E-state index in [9.17, 15) is 4.39 Å². The van der Waals surface area contributed by atoms with E-state index in [2.05, 4.69) is 43.4 Å². The van der Waals surface area contributed by atoms with E-state index in [-0.39, 0.29) is 11.4 Å². The molecule has 2 aromatic rings. The van der Waals surface area contributed by atoms with Crippen LogP contribution in [-0.4, -0.2) is 5.54 Å². The number of aryl methyl sites for hydroxylation is 1. The lowest BCUT2D eigenvalue weighted by molar-refractivity contribution is 0.360. The maximum Gasteiger partial charge on any atom is 0.123 e. The van der Waals surface area contributed by atoms with Crippen molar-refractivity contribution in [3.05, 3.63) is 71.5 Å². The second kappa shape index (κ2) is 6.67. The Bertz CT molecular complexity index is 534. The third kappa shape index (κ3) is 4.78. The fourth-order valence-corrected chi connectivity index (χ4v) is 2.18. The standard InChI is InChI=1S/C18H22FN/c1-18(2,12-11-15-7-4-3-5-8-15)20-14-16-9-6-10-17(19)13-16/h3-10,13,20H,11-12,14H2,1-2H3. The summed E-state index contributed by atoms with van der Waals surface area (Å²) in [6.07, 6.45) is 2.09. The number of rotatable bonds is 6. The van der Waals surface area contributed by atoms with Crippen LogP contribution in [0.1, 0.15) is 31.4 Å². The molecule has 0 amide bonds. The molecule has 0 radical (unpaired) electrons. The molecule has 1 N–H and O–H groups in total. The van der Waals surface area contributed by atoms with Crippen molar-refractivity contribution in [2.45, 2.75) is 38.8 Å². The fourth-order valence-electron chi connectivity index (χ4n) is 2.18. The van der Waals surface area contributed by atoms with Crippen LogP contribution in [0.15, 0.2) is 54.6 Å². The lowest BCUT2D eigenvalue weighted by atomic mass is 9.95. The van der Waals surface area contributed by atoms with Gasteiger partial charge in [-0.15, -0.1) is 0 Å². The van der Waals surface area contributed by atoms with Gasteiger partial charge in [0.15, 0.2) is 0 Å². The van der Waals surface area contributed by atoms with Gasteiger partial charge in [0, 0.05) is 12.1 Å². The summed E-state index contributed by atoms with van der Waals surface area (Å²) in [4.78, 5) is 0. The highest BCUT2D eigenvalue weighted by molar-refractivity contribution is 5.17. The summed E-state index contributed by atoms with van der Waals surface area (Å²) in [7, 11) is 0. The Morgan fingerprint density at radius 2 is 1.65 bits per heavy atom. The molecule has 0 aliphatic rings. The Morgan fingerprint density at radius 1 is 0.950 bits per heavy atom. The van der Waals surface area contributed by atoms with Crippen molar-refractivity contribution in [2.24, 2.45) is 0 Å². The van der Waals surface area contributed by atoms with Gasteiger partial charge in [-0.05, 0) is 49.9 Å². The normalized spacial score (nSPS) is 11.6. The highest BCUT2D eigenvalue weighted by Gasteiger charge is 2.16. The van der Waals surface area contributed by atoms with Gasteiger partial charge in [-0.1, -0.05) is 42.5 Å². The third-order valence-corrected chi connectivity index (χ3v) is 3.54. The molecule has 0 aliphatic heterocycles. The van der Waals surface area contributed by atoms with Crippen LogP contribution < -0.4 is 5.32 Å². The SMILES string of the molecule is CC(C)(CCc1ccccc1)NCc1cccc(F)c1. The van der Waals surface area contributed by atoms with Gasteiger partial charge in [-0.25, -0.2) is 4.39 Å². The number of halogens is 1. The molecule has 0 saturated heterocycles. The molecule has 0 fully saturated rings. The second-order valence-corrected chi connectivity index (χ2v) is 5.85. The van der Waals surface area contributed by atoms with Crippen LogP contribution in [0.2, 0.25) is 0 Å². The zero-order valence-corrected chi connectivity index (χ0v) is 12.2. The summed E-state index contributed by atoms with van der Waals surface area (Å²) >= 11 is 0. The lowest BCUT2D eigenvalue weighted by Gasteiger charge is -2.26. The number of hydrogen-bond donors (Lipinski definition) is 1. The Morgan fingerprint density at radius 3 is 2.35 bits per heavy atom. The van der Waals surface area contributed by atoms with Gasteiger partial charge >= 0.3 is 0 Å². The minimum absolute atomic E-state index is 0.0299. The molecule has 2 heteroatoms. The van der Waals surface area contributed by atoms with Crippen molar-refractivity contribution >= 4 is 0 Å². The molecule has 0 heterocycles. The molecule has 20 heavy (non-hydrogen) atoms.